The highest BCUT2D eigenvalue weighted by atomic mass is 16.4. The molecule has 2 N–H and O–H groups in total. The van der Waals surface area contributed by atoms with Crippen LogP contribution in [0.1, 0.15) is 30.8 Å². The van der Waals surface area contributed by atoms with Crippen molar-refractivity contribution in [2.75, 3.05) is 0 Å². The molecule has 15 heavy (non-hydrogen) atoms. The number of H-pyrrole nitrogens is 1. The van der Waals surface area contributed by atoms with E-state index >= 15 is 0 Å². The van der Waals surface area contributed by atoms with E-state index in [2.05, 4.69) is 9.97 Å². The Kier molecular flexibility index (Phi) is 3.60. The van der Waals surface area contributed by atoms with Gasteiger partial charge in [-0.3, -0.25) is 4.79 Å². The molecule has 0 amide bonds. The first-order valence-corrected chi connectivity index (χ1v) is 4.91. The standard InChI is InChI=1S/C10H14N2O3/c1-3-7-6(5-9(13)14)8(4-2)12-10(15)11-7/h3-5H2,1-2H3,(H,13,14)(H,11,12,15). The Labute approximate surface area is 87.2 Å². The molecule has 0 fully saturated rings. The summed E-state index contributed by atoms with van der Waals surface area (Å²) >= 11 is 0. The highest BCUT2D eigenvalue weighted by Crippen LogP contribution is 2.11. The first-order chi connectivity index (χ1) is 7.08. The van der Waals surface area contributed by atoms with Gasteiger partial charge in [-0.15, -0.1) is 0 Å². The maximum Gasteiger partial charge on any atom is 0.345 e. The van der Waals surface area contributed by atoms with Gasteiger partial charge in [-0.1, -0.05) is 13.8 Å². The fourth-order valence-corrected chi connectivity index (χ4v) is 1.55. The fraction of sp³-hybridized carbons (Fsp3) is 0.500. The Balaban J connectivity index is 3.30. The molecule has 0 radical (unpaired) electrons. The Morgan fingerprint density at radius 3 is 2.53 bits per heavy atom. The van der Waals surface area contributed by atoms with E-state index in [-0.39, 0.29) is 6.42 Å². The number of aliphatic carboxylic acids is 1. The molecule has 0 aliphatic heterocycles. The normalized spacial score (nSPS) is 10.3. The van der Waals surface area contributed by atoms with Crippen molar-refractivity contribution >= 4 is 5.97 Å². The Bertz CT molecular complexity index is 395. The number of rotatable bonds is 4. The molecule has 0 saturated carbocycles. The van der Waals surface area contributed by atoms with E-state index in [0.717, 1.165) is 0 Å². The molecule has 0 unspecified atom stereocenters. The van der Waals surface area contributed by atoms with E-state index in [1.165, 1.54) is 0 Å². The number of aromatic amines is 1. The summed E-state index contributed by atoms with van der Waals surface area (Å²) in [7, 11) is 0. The van der Waals surface area contributed by atoms with E-state index in [0.29, 0.717) is 29.8 Å². The number of carboxylic acids is 1. The Morgan fingerprint density at radius 2 is 2.07 bits per heavy atom. The third-order valence-corrected chi connectivity index (χ3v) is 2.22. The molecule has 5 nitrogen and oxygen atoms in total. The minimum atomic E-state index is -0.909. The fourth-order valence-electron chi connectivity index (χ4n) is 1.55. The molecule has 1 aromatic heterocycles. The van der Waals surface area contributed by atoms with Gasteiger partial charge in [0.2, 0.25) is 0 Å². The average Bonchev–Trinajstić information content (AvgIpc) is 2.19. The van der Waals surface area contributed by atoms with Crippen LogP contribution in [-0.2, 0) is 24.1 Å². The lowest BCUT2D eigenvalue weighted by Gasteiger charge is -2.08. The average molecular weight is 210 g/mol. The summed E-state index contributed by atoms with van der Waals surface area (Å²) in [4.78, 5) is 28.2. The van der Waals surface area contributed by atoms with Crippen LogP contribution < -0.4 is 5.69 Å². The smallest absolute Gasteiger partial charge is 0.345 e. The van der Waals surface area contributed by atoms with Crippen molar-refractivity contribution in [1.82, 2.24) is 9.97 Å². The van der Waals surface area contributed by atoms with E-state index in [9.17, 15) is 9.59 Å². The van der Waals surface area contributed by atoms with Crippen molar-refractivity contribution in [1.29, 1.82) is 0 Å². The van der Waals surface area contributed by atoms with Gasteiger partial charge in [0.15, 0.2) is 0 Å². The number of aryl methyl sites for hydroxylation is 2. The second-order valence-corrected chi connectivity index (χ2v) is 3.22. The molecule has 82 valence electrons. The first kappa shape index (κ1) is 11.4. The van der Waals surface area contributed by atoms with E-state index in [1.807, 2.05) is 13.8 Å². The molecule has 1 heterocycles. The minimum absolute atomic E-state index is 0.0872. The van der Waals surface area contributed by atoms with Crippen LogP contribution in [-0.4, -0.2) is 21.0 Å². The van der Waals surface area contributed by atoms with Crippen LogP contribution >= 0.6 is 0 Å². The van der Waals surface area contributed by atoms with Gasteiger partial charge in [0, 0.05) is 11.3 Å². The highest BCUT2D eigenvalue weighted by Gasteiger charge is 2.12. The number of nitrogens with one attached hydrogen (secondary N) is 1. The molecule has 0 bridgehead atoms. The van der Waals surface area contributed by atoms with Crippen LogP contribution in [0.5, 0.6) is 0 Å². The molecular weight excluding hydrogens is 196 g/mol. The molecule has 0 atom stereocenters. The molecule has 5 heteroatoms. The quantitative estimate of drug-likeness (QED) is 0.759. The number of aromatic nitrogens is 2. The predicted molar refractivity (Wildman–Crippen MR) is 55.0 cm³/mol. The summed E-state index contributed by atoms with van der Waals surface area (Å²) in [6.07, 6.45) is 1.09. The summed E-state index contributed by atoms with van der Waals surface area (Å²) in [5.74, 6) is -0.909. The molecular formula is C10H14N2O3. The van der Waals surface area contributed by atoms with Crippen LogP contribution in [0.2, 0.25) is 0 Å². The monoisotopic (exact) mass is 210 g/mol. The van der Waals surface area contributed by atoms with Gasteiger partial charge in [0.1, 0.15) is 0 Å². The molecule has 0 aliphatic carbocycles. The zero-order chi connectivity index (χ0) is 11.4. The van der Waals surface area contributed by atoms with Gasteiger partial charge in [0.05, 0.1) is 12.1 Å². The predicted octanol–water partition coefficient (Wildman–Crippen LogP) is 0.522. The third-order valence-electron chi connectivity index (χ3n) is 2.22. The van der Waals surface area contributed by atoms with Gasteiger partial charge >= 0.3 is 11.7 Å². The Hall–Kier alpha value is -1.65. The van der Waals surface area contributed by atoms with Crippen molar-refractivity contribution in [2.24, 2.45) is 0 Å². The lowest BCUT2D eigenvalue weighted by Crippen LogP contribution is -2.20. The van der Waals surface area contributed by atoms with Gasteiger partial charge in [-0.05, 0) is 12.8 Å². The van der Waals surface area contributed by atoms with Gasteiger partial charge in [0.25, 0.3) is 0 Å². The minimum Gasteiger partial charge on any atom is -0.481 e. The molecule has 0 aliphatic rings. The lowest BCUT2D eigenvalue weighted by atomic mass is 10.0. The van der Waals surface area contributed by atoms with Gasteiger partial charge < -0.3 is 10.1 Å². The first-order valence-electron chi connectivity index (χ1n) is 4.91. The van der Waals surface area contributed by atoms with E-state index < -0.39 is 11.7 Å². The molecule has 1 aromatic rings. The number of hydrogen-bond donors (Lipinski definition) is 2. The van der Waals surface area contributed by atoms with Crippen LogP contribution in [0.15, 0.2) is 4.79 Å². The van der Waals surface area contributed by atoms with Crippen LogP contribution in [0.3, 0.4) is 0 Å². The van der Waals surface area contributed by atoms with Crippen molar-refractivity contribution < 1.29 is 9.90 Å². The number of nitrogens with zero attached hydrogens (tertiary/aromatic N) is 1. The van der Waals surface area contributed by atoms with Gasteiger partial charge in [-0.2, -0.15) is 4.98 Å². The van der Waals surface area contributed by atoms with Crippen molar-refractivity contribution in [3.63, 3.8) is 0 Å². The molecule has 1 rings (SSSR count). The highest BCUT2D eigenvalue weighted by molar-refractivity contribution is 5.70. The number of carbonyl (C=O) groups is 1. The summed E-state index contributed by atoms with van der Waals surface area (Å²) < 4.78 is 0. The van der Waals surface area contributed by atoms with Crippen molar-refractivity contribution in [3.05, 3.63) is 27.4 Å². The SMILES string of the molecule is CCc1nc(=O)[nH]c(CC)c1CC(=O)O. The molecule has 0 aromatic carbocycles. The Morgan fingerprint density at radius 1 is 1.40 bits per heavy atom. The largest absolute Gasteiger partial charge is 0.481 e. The van der Waals surface area contributed by atoms with Crippen molar-refractivity contribution in [2.45, 2.75) is 33.1 Å². The third kappa shape index (κ3) is 2.65. The molecule has 0 spiro atoms. The van der Waals surface area contributed by atoms with Crippen LogP contribution in [0, 0.1) is 0 Å². The molecule has 0 saturated heterocycles. The maximum atomic E-state index is 11.2. The number of hydrogen-bond acceptors (Lipinski definition) is 3. The number of carboxylic acid groups (broad SMARTS) is 1. The maximum absolute atomic E-state index is 11.2. The lowest BCUT2D eigenvalue weighted by molar-refractivity contribution is -0.136. The van der Waals surface area contributed by atoms with Crippen molar-refractivity contribution in [3.8, 4) is 0 Å². The topological polar surface area (TPSA) is 83.0 Å². The van der Waals surface area contributed by atoms with Gasteiger partial charge in [-0.25, -0.2) is 4.79 Å². The summed E-state index contributed by atoms with van der Waals surface area (Å²) in [6, 6.07) is 0. The summed E-state index contributed by atoms with van der Waals surface area (Å²) in [5.41, 5.74) is 1.50. The zero-order valence-corrected chi connectivity index (χ0v) is 8.83. The van der Waals surface area contributed by atoms with E-state index in [1.54, 1.807) is 0 Å². The zero-order valence-electron chi connectivity index (χ0n) is 8.83. The summed E-state index contributed by atoms with van der Waals surface area (Å²) in [6.45, 7) is 3.72. The van der Waals surface area contributed by atoms with E-state index in [4.69, 9.17) is 5.11 Å². The van der Waals surface area contributed by atoms with Crippen LogP contribution in [0.4, 0.5) is 0 Å². The van der Waals surface area contributed by atoms with Crippen LogP contribution in [0.25, 0.3) is 0 Å². The summed E-state index contributed by atoms with van der Waals surface area (Å²) in [5, 5.41) is 8.76. The second kappa shape index (κ2) is 4.72. The second-order valence-electron chi connectivity index (χ2n) is 3.22.